The quantitative estimate of drug-likeness (QED) is 0.395. The molecule has 0 aromatic heterocycles. The molecule has 1 fully saturated rings. The third kappa shape index (κ3) is 6.15. The van der Waals surface area contributed by atoms with Crippen LogP contribution in [-0.4, -0.2) is 44.2 Å². The van der Waals surface area contributed by atoms with Gasteiger partial charge in [-0.05, 0) is 85.6 Å². The molecule has 1 atom stereocenters. The van der Waals surface area contributed by atoms with Crippen LogP contribution in [0.4, 0.5) is 28.4 Å². The zero-order chi connectivity index (χ0) is 27.4. The fourth-order valence-electron chi connectivity index (χ4n) is 4.95. The Labute approximate surface area is 230 Å². The number of amides is 2. The van der Waals surface area contributed by atoms with E-state index in [1.165, 1.54) is 0 Å². The molecule has 39 heavy (non-hydrogen) atoms. The van der Waals surface area contributed by atoms with Crippen LogP contribution in [0, 0.1) is 5.92 Å². The van der Waals surface area contributed by atoms with Crippen LogP contribution >= 0.6 is 0 Å². The van der Waals surface area contributed by atoms with Crippen LogP contribution in [0.25, 0.3) is 6.08 Å². The zero-order valence-corrected chi connectivity index (χ0v) is 22.8. The molecule has 202 valence electrons. The average molecular weight is 525 g/mol. The molecule has 1 unspecified atom stereocenters. The number of carbonyl (C=O) groups is 2. The summed E-state index contributed by atoms with van der Waals surface area (Å²) in [5.74, 6) is -0.203. The average Bonchev–Trinajstić information content (AvgIpc) is 3.11. The molecule has 0 radical (unpaired) electrons. The second kappa shape index (κ2) is 11.7. The van der Waals surface area contributed by atoms with Crippen LogP contribution in [0.3, 0.4) is 0 Å². The van der Waals surface area contributed by atoms with Crippen molar-refractivity contribution < 1.29 is 14.3 Å². The van der Waals surface area contributed by atoms with E-state index in [1.807, 2.05) is 74.5 Å². The largest absolute Gasteiger partial charge is 0.378 e. The van der Waals surface area contributed by atoms with Gasteiger partial charge < -0.3 is 25.2 Å². The number of anilines is 5. The van der Waals surface area contributed by atoms with Gasteiger partial charge in [0.25, 0.3) is 5.91 Å². The Balaban J connectivity index is 1.32. The molecule has 7 nitrogen and oxygen atoms in total. The predicted molar refractivity (Wildman–Crippen MR) is 159 cm³/mol. The molecular formula is C32H36N4O3. The smallest absolute Gasteiger partial charge is 0.255 e. The van der Waals surface area contributed by atoms with Crippen molar-refractivity contribution in [3.05, 3.63) is 83.9 Å². The minimum absolute atomic E-state index is 0.00283. The first kappa shape index (κ1) is 26.5. The molecule has 2 aliphatic rings. The lowest BCUT2D eigenvalue weighted by molar-refractivity contribution is -0.118. The van der Waals surface area contributed by atoms with Gasteiger partial charge in [-0.15, -0.1) is 0 Å². The summed E-state index contributed by atoms with van der Waals surface area (Å²) in [6, 6.07) is 22.0. The first-order valence-electron chi connectivity index (χ1n) is 13.6. The highest BCUT2D eigenvalue weighted by atomic mass is 16.5. The molecule has 3 aromatic rings. The zero-order valence-electron chi connectivity index (χ0n) is 22.8. The summed E-state index contributed by atoms with van der Waals surface area (Å²) in [5.41, 5.74) is 6.43. The Morgan fingerprint density at radius 1 is 0.872 bits per heavy atom. The van der Waals surface area contributed by atoms with E-state index >= 15 is 0 Å². The Bertz CT molecular complexity index is 1340. The molecule has 0 spiro atoms. The lowest BCUT2D eigenvalue weighted by Crippen LogP contribution is -2.36. The summed E-state index contributed by atoms with van der Waals surface area (Å²) >= 11 is 0. The maximum absolute atomic E-state index is 13.0. The lowest BCUT2D eigenvalue weighted by Gasteiger charge is -2.31. The van der Waals surface area contributed by atoms with Gasteiger partial charge >= 0.3 is 0 Å². The van der Waals surface area contributed by atoms with Crippen LogP contribution < -0.4 is 20.4 Å². The molecule has 2 aliphatic heterocycles. The second-order valence-electron chi connectivity index (χ2n) is 10.4. The normalized spacial score (nSPS) is 17.0. The Morgan fingerprint density at radius 3 is 2.23 bits per heavy atom. The highest BCUT2D eigenvalue weighted by molar-refractivity contribution is 6.04. The van der Waals surface area contributed by atoms with Gasteiger partial charge in [0.2, 0.25) is 5.91 Å². The monoisotopic (exact) mass is 524 g/mol. The molecule has 2 amide bonds. The van der Waals surface area contributed by atoms with Gasteiger partial charge in [-0.2, -0.15) is 0 Å². The third-order valence-corrected chi connectivity index (χ3v) is 7.20. The second-order valence-corrected chi connectivity index (χ2v) is 10.4. The SMILES string of the molecule is CC(C)C(=O)Nc1ccc(N2c3ccc(NC(=O)c4ccc(N5CCOCC5)cc4)cc3C=CCC2C)cc1. The van der Waals surface area contributed by atoms with Gasteiger partial charge in [-0.3, -0.25) is 9.59 Å². The number of nitrogens with one attached hydrogen (secondary N) is 2. The van der Waals surface area contributed by atoms with Gasteiger partial charge in [0, 0.05) is 59.0 Å². The summed E-state index contributed by atoms with van der Waals surface area (Å²) in [4.78, 5) is 29.7. The number of carbonyl (C=O) groups excluding carboxylic acids is 2. The molecule has 0 bridgehead atoms. The number of hydrogen-bond donors (Lipinski definition) is 2. The van der Waals surface area contributed by atoms with Crippen LogP contribution in [0.15, 0.2) is 72.8 Å². The van der Waals surface area contributed by atoms with Crippen molar-refractivity contribution in [3.63, 3.8) is 0 Å². The number of nitrogens with zero attached hydrogens (tertiary/aromatic N) is 2. The minimum Gasteiger partial charge on any atom is -0.378 e. The van der Waals surface area contributed by atoms with Crippen molar-refractivity contribution in [3.8, 4) is 0 Å². The molecule has 0 saturated carbocycles. The molecule has 2 N–H and O–H groups in total. The van der Waals surface area contributed by atoms with Crippen molar-refractivity contribution in [2.45, 2.75) is 33.2 Å². The van der Waals surface area contributed by atoms with E-state index in [1.54, 1.807) is 0 Å². The summed E-state index contributed by atoms with van der Waals surface area (Å²) in [6.07, 6.45) is 5.18. The van der Waals surface area contributed by atoms with Gasteiger partial charge in [0.1, 0.15) is 0 Å². The Hall–Kier alpha value is -4.10. The number of benzene rings is 3. The molecular weight excluding hydrogens is 488 g/mol. The maximum Gasteiger partial charge on any atom is 0.255 e. The van der Waals surface area contributed by atoms with Crippen molar-refractivity contribution in [2.75, 3.05) is 46.7 Å². The van der Waals surface area contributed by atoms with Crippen molar-refractivity contribution in [2.24, 2.45) is 5.92 Å². The molecule has 3 aromatic carbocycles. The Kier molecular flexibility index (Phi) is 7.98. The van der Waals surface area contributed by atoms with Gasteiger partial charge in [0.05, 0.1) is 13.2 Å². The molecule has 7 heteroatoms. The lowest BCUT2D eigenvalue weighted by atomic mass is 10.1. The fraction of sp³-hybridized carbons (Fsp3) is 0.312. The van der Waals surface area contributed by atoms with Crippen molar-refractivity contribution in [1.29, 1.82) is 0 Å². The van der Waals surface area contributed by atoms with E-state index in [-0.39, 0.29) is 23.8 Å². The standard InChI is InChI=1S/C32H36N4O3/c1-22(2)31(37)33-26-9-14-29(15-10-26)36-23(3)5-4-6-25-21-27(11-16-30(25)36)34-32(38)24-7-12-28(13-8-24)35-17-19-39-20-18-35/h4,6-16,21-23H,5,17-20H2,1-3H3,(H,33,37)(H,34,38). The van der Waals surface area contributed by atoms with Gasteiger partial charge in [-0.1, -0.05) is 26.0 Å². The predicted octanol–water partition coefficient (Wildman–Crippen LogP) is 6.31. The van der Waals surface area contributed by atoms with E-state index in [0.29, 0.717) is 5.56 Å². The first-order valence-corrected chi connectivity index (χ1v) is 13.6. The highest BCUT2D eigenvalue weighted by Gasteiger charge is 2.21. The summed E-state index contributed by atoms with van der Waals surface area (Å²) in [6.45, 7) is 9.15. The van der Waals surface area contributed by atoms with Crippen LogP contribution in [0.5, 0.6) is 0 Å². The van der Waals surface area contributed by atoms with Crippen LogP contribution in [-0.2, 0) is 9.53 Å². The first-order chi connectivity index (χ1) is 18.9. The molecule has 0 aliphatic carbocycles. The van der Waals surface area contributed by atoms with E-state index < -0.39 is 0 Å². The maximum atomic E-state index is 13.0. The van der Waals surface area contributed by atoms with E-state index in [0.717, 1.165) is 66.7 Å². The molecule has 2 heterocycles. The summed E-state index contributed by atoms with van der Waals surface area (Å²) < 4.78 is 5.43. The summed E-state index contributed by atoms with van der Waals surface area (Å²) in [7, 11) is 0. The van der Waals surface area contributed by atoms with Crippen molar-refractivity contribution in [1.82, 2.24) is 0 Å². The number of hydrogen-bond acceptors (Lipinski definition) is 5. The number of ether oxygens (including phenoxy) is 1. The van der Waals surface area contributed by atoms with Crippen LogP contribution in [0.2, 0.25) is 0 Å². The minimum atomic E-state index is -0.134. The van der Waals surface area contributed by atoms with Crippen molar-refractivity contribution >= 4 is 46.3 Å². The third-order valence-electron chi connectivity index (χ3n) is 7.20. The number of fused-ring (bicyclic) bond motifs is 1. The van der Waals surface area contributed by atoms with E-state index in [9.17, 15) is 9.59 Å². The van der Waals surface area contributed by atoms with Crippen LogP contribution in [0.1, 0.15) is 43.1 Å². The molecule has 1 saturated heterocycles. The van der Waals surface area contributed by atoms with Gasteiger partial charge in [0.15, 0.2) is 0 Å². The number of morpholine rings is 1. The number of rotatable bonds is 6. The highest BCUT2D eigenvalue weighted by Crippen LogP contribution is 2.37. The topological polar surface area (TPSA) is 73.9 Å². The summed E-state index contributed by atoms with van der Waals surface area (Å²) in [5, 5.41) is 6.02. The Morgan fingerprint density at radius 2 is 1.54 bits per heavy atom. The van der Waals surface area contributed by atoms with E-state index in [4.69, 9.17) is 4.74 Å². The van der Waals surface area contributed by atoms with Gasteiger partial charge in [-0.25, -0.2) is 0 Å². The fourth-order valence-corrected chi connectivity index (χ4v) is 4.95. The van der Waals surface area contributed by atoms with E-state index in [2.05, 4.69) is 45.6 Å². The molecule has 5 rings (SSSR count).